The van der Waals surface area contributed by atoms with Gasteiger partial charge in [-0.25, -0.2) is 0 Å². The van der Waals surface area contributed by atoms with Gasteiger partial charge in [0.1, 0.15) is 11.5 Å². The molecule has 18 heavy (non-hydrogen) atoms. The zero-order valence-electron chi connectivity index (χ0n) is 9.81. The topological polar surface area (TPSA) is 78.8 Å². The number of phenols is 1. The molecule has 0 bridgehead atoms. The lowest BCUT2D eigenvalue weighted by Crippen LogP contribution is -2.17. The fourth-order valence-electron chi connectivity index (χ4n) is 2.15. The molecule has 1 aliphatic heterocycles. The number of rotatable bonds is 3. The SMILES string of the molecule is COc1cc(O)c(C2CC(C(=O)O)CN2)cc1Br. The summed E-state index contributed by atoms with van der Waals surface area (Å²) < 4.78 is 5.82. The van der Waals surface area contributed by atoms with Crippen LogP contribution in [0.3, 0.4) is 0 Å². The Labute approximate surface area is 113 Å². The summed E-state index contributed by atoms with van der Waals surface area (Å²) in [5.41, 5.74) is 0.687. The van der Waals surface area contributed by atoms with Gasteiger partial charge in [0, 0.05) is 24.2 Å². The normalized spacial score (nSPS) is 23.0. The van der Waals surface area contributed by atoms with Crippen molar-refractivity contribution in [2.75, 3.05) is 13.7 Å². The Morgan fingerprint density at radius 3 is 2.83 bits per heavy atom. The first-order valence-corrected chi connectivity index (χ1v) is 6.34. The van der Waals surface area contributed by atoms with E-state index in [9.17, 15) is 9.90 Å². The molecule has 0 spiro atoms. The van der Waals surface area contributed by atoms with Crippen molar-refractivity contribution in [1.82, 2.24) is 5.32 Å². The third kappa shape index (κ3) is 2.44. The van der Waals surface area contributed by atoms with Gasteiger partial charge in [-0.05, 0) is 28.4 Å². The zero-order valence-corrected chi connectivity index (χ0v) is 11.4. The Kier molecular flexibility index (Phi) is 3.77. The number of phenolic OH excluding ortho intramolecular Hbond substituents is 1. The molecule has 0 saturated carbocycles. The van der Waals surface area contributed by atoms with Gasteiger partial charge >= 0.3 is 5.97 Å². The van der Waals surface area contributed by atoms with Gasteiger partial charge in [-0.2, -0.15) is 0 Å². The molecular formula is C12H14BrNO4. The van der Waals surface area contributed by atoms with E-state index in [2.05, 4.69) is 21.2 Å². The maximum absolute atomic E-state index is 10.9. The second-order valence-corrected chi connectivity index (χ2v) is 5.13. The second kappa shape index (κ2) is 5.16. The summed E-state index contributed by atoms with van der Waals surface area (Å²) in [6, 6.07) is 3.14. The lowest BCUT2D eigenvalue weighted by Gasteiger charge is -2.14. The first kappa shape index (κ1) is 13.2. The number of hydrogen-bond acceptors (Lipinski definition) is 4. The molecule has 1 fully saturated rings. The Hall–Kier alpha value is -1.27. The highest BCUT2D eigenvalue weighted by atomic mass is 79.9. The molecule has 98 valence electrons. The van der Waals surface area contributed by atoms with Crippen LogP contribution >= 0.6 is 15.9 Å². The van der Waals surface area contributed by atoms with Crippen LogP contribution in [0.1, 0.15) is 18.0 Å². The van der Waals surface area contributed by atoms with Crippen molar-refractivity contribution in [2.45, 2.75) is 12.5 Å². The Balaban J connectivity index is 2.25. The molecule has 1 aliphatic rings. The summed E-state index contributed by atoms with van der Waals surface area (Å²) >= 11 is 3.35. The first-order chi connectivity index (χ1) is 8.52. The van der Waals surface area contributed by atoms with Crippen molar-refractivity contribution in [1.29, 1.82) is 0 Å². The molecule has 1 aromatic carbocycles. The number of nitrogens with one attached hydrogen (secondary N) is 1. The molecule has 2 rings (SSSR count). The summed E-state index contributed by atoms with van der Waals surface area (Å²) in [4.78, 5) is 10.9. The van der Waals surface area contributed by atoms with Crippen molar-refractivity contribution in [2.24, 2.45) is 5.92 Å². The number of aliphatic carboxylic acids is 1. The summed E-state index contributed by atoms with van der Waals surface area (Å²) in [5.74, 6) is -0.560. The summed E-state index contributed by atoms with van der Waals surface area (Å²) in [7, 11) is 1.52. The third-order valence-corrected chi connectivity index (χ3v) is 3.78. The molecule has 5 nitrogen and oxygen atoms in total. The lowest BCUT2D eigenvalue weighted by atomic mass is 9.99. The van der Waals surface area contributed by atoms with E-state index in [-0.39, 0.29) is 11.8 Å². The standard InChI is InChI=1S/C12H14BrNO4/c1-18-11-4-10(15)7(3-8(11)13)9-2-6(5-14-9)12(16)17/h3-4,6,9,14-15H,2,5H2,1H3,(H,16,17). The highest BCUT2D eigenvalue weighted by Crippen LogP contribution is 2.38. The number of carboxylic acids is 1. The Morgan fingerprint density at radius 1 is 1.56 bits per heavy atom. The van der Waals surface area contributed by atoms with Crippen LogP contribution in [-0.2, 0) is 4.79 Å². The van der Waals surface area contributed by atoms with E-state index in [0.717, 1.165) is 4.47 Å². The van der Waals surface area contributed by atoms with Crippen LogP contribution in [0, 0.1) is 5.92 Å². The number of halogens is 1. The molecule has 0 aliphatic carbocycles. The quantitative estimate of drug-likeness (QED) is 0.794. The molecule has 0 amide bonds. The molecule has 1 heterocycles. The smallest absolute Gasteiger partial charge is 0.307 e. The number of carboxylic acid groups (broad SMARTS) is 1. The van der Waals surface area contributed by atoms with Gasteiger partial charge in [0.15, 0.2) is 0 Å². The Bertz CT molecular complexity index is 477. The summed E-state index contributed by atoms with van der Waals surface area (Å²) in [6.07, 6.45) is 0.474. The van der Waals surface area contributed by atoms with Crippen LogP contribution in [0.4, 0.5) is 0 Å². The minimum absolute atomic E-state index is 0.110. The van der Waals surface area contributed by atoms with Crippen LogP contribution in [0.25, 0.3) is 0 Å². The van der Waals surface area contributed by atoms with Gasteiger partial charge in [0.05, 0.1) is 17.5 Å². The van der Waals surface area contributed by atoms with Gasteiger partial charge in [-0.1, -0.05) is 0 Å². The Morgan fingerprint density at radius 2 is 2.28 bits per heavy atom. The van der Waals surface area contributed by atoms with E-state index in [1.54, 1.807) is 6.07 Å². The molecule has 2 atom stereocenters. The highest BCUT2D eigenvalue weighted by molar-refractivity contribution is 9.10. The minimum Gasteiger partial charge on any atom is -0.507 e. The number of benzene rings is 1. The maximum Gasteiger partial charge on any atom is 0.307 e. The highest BCUT2D eigenvalue weighted by Gasteiger charge is 2.31. The van der Waals surface area contributed by atoms with Crippen LogP contribution in [0.15, 0.2) is 16.6 Å². The van der Waals surface area contributed by atoms with Gasteiger partial charge in [0.25, 0.3) is 0 Å². The lowest BCUT2D eigenvalue weighted by molar-refractivity contribution is -0.141. The third-order valence-electron chi connectivity index (χ3n) is 3.16. The number of methoxy groups -OCH3 is 1. The maximum atomic E-state index is 10.9. The van der Waals surface area contributed by atoms with E-state index >= 15 is 0 Å². The van der Waals surface area contributed by atoms with Gasteiger partial charge in [-0.15, -0.1) is 0 Å². The van der Waals surface area contributed by atoms with E-state index in [0.29, 0.717) is 24.3 Å². The van der Waals surface area contributed by atoms with E-state index in [1.807, 2.05) is 0 Å². The van der Waals surface area contributed by atoms with E-state index in [1.165, 1.54) is 13.2 Å². The van der Waals surface area contributed by atoms with Crippen molar-refractivity contribution in [3.63, 3.8) is 0 Å². The van der Waals surface area contributed by atoms with Crippen LogP contribution in [-0.4, -0.2) is 29.8 Å². The van der Waals surface area contributed by atoms with Gasteiger partial charge < -0.3 is 20.3 Å². The van der Waals surface area contributed by atoms with Gasteiger partial charge in [0.2, 0.25) is 0 Å². The minimum atomic E-state index is -0.808. The summed E-state index contributed by atoms with van der Waals surface area (Å²) in [6.45, 7) is 0.420. The number of hydrogen-bond donors (Lipinski definition) is 3. The summed E-state index contributed by atoms with van der Waals surface area (Å²) in [5, 5.41) is 22.0. The van der Waals surface area contributed by atoms with Crippen molar-refractivity contribution in [3.05, 3.63) is 22.2 Å². The predicted octanol–water partition coefficient (Wildman–Crippen LogP) is 1.90. The molecule has 1 aromatic rings. The van der Waals surface area contributed by atoms with Gasteiger partial charge in [-0.3, -0.25) is 4.79 Å². The molecule has 0 aromatic heterocycles. The van der Waals surface area contributed by atoms with E-state index < -0.39 is 11.9 Å². The first-order valence-electron chi connectivity index (χ1n) is 5.55. The number of ether oxygens (including phenoxy) is 1. The molecule has 1 saturated heterocycles. The number of carbonyl (C=O) groups is 1. The molecule has 3 N–H and O–H groups in total. The fourth-order valence-corrected chi connectivity index (χ4v) is 2.68. The van der Waals surface area contributed by atoms with Crippen molar-refractivity contribution in [3.8, 4) is 11.5 Å². The van der Waals surface area contributed by atoms with Crippen LogP contribution in [0.2, 0.25) is 0 Å². The number of aromatic hydroxyl groups is 1. The van der Waals surface area contributed by atoms with Crippen LogP contribution < -0.4 is 10.1 Å². The van der Waals surface area contributed by atoms with Crippen molar-refractivity contribution < 1.29 is 19.7 Å². The largest absolute Gasteiger partial charge is 0.507 e. The zero-order chi connectivity index (χ0) is 13.3. The molecule has 6 heteroatoms. The fraction of sp³-hybridized carbons (Fsp3) is 0.417. The predicted molar refractivity (Wildman–Crippen MR) is 68.8 cm³/mol. The van der Waals surface area contributed by atoms with Crippen LogP contribution in [0.5, 0.6) is 11.5 Å². The second-order valence-electron chi connectivity index (χ2n) is 4.28. The molecular weight excluding hydrogens is 302 g/mol. The molecule has 2 unspecified atom stereocenters. The average Bonchev–Trinajstić information content (AvgIpc) is 2.81. The average molecular weight is 316 g/mol. The van der Waals surface area contributed by atoms with E-state index in [4.69, 9.17) is 9.84 Å². The van der Waals surface area contributed by atoms with Crippen molar-refractivity contribution >= 4 is 21.9 Å². The molecule has 0 radical (unpaired) electrons. The monoisotopic (exact) mass is 315 g/mol.